The molecule has 0 atom stereocenters. The van der Waals surface area contributed by atoms with Gasteiger partial charge in [-0.1, -0.05) is 24.6 Å². The molecule has 1 aliphatic carbocycles. The molecule has 3 heterocycles. The number of carbonyl (C=O) groups is 1. The highest BCUT2D eigenvalue weighted by Crippen LogP contribution is 2.40. The van der Waals surface area contributed by atoms with Crippen LogP contribution in [0.5, 0.6) is 5.75 Å². The number of ether oxygens (including phenoxy) is 3. The Bertz CT molecular complexity index is 1030. The molecule has 2 aromatic carbocycles. The lowest BCUT2D eigenvalue weighted by atomic mass is 9.89. The van der Waals surface area contributed by atoms with Crippen LogP contribution in [0.15, 0.2) is 42.5 Å². The molecule has 1 N–H and O–H groups in total. The van der Waals surface area contributed by atoms with Gasteiger partial charge in [0.15, 0.2) is 0 Å². The van der Waals surface area contributed by atoms with Crippen LogP contribution in [0, 0.1) is 0 Å². The monoisotopic (exact) mass is 512 g/mol. The second-order valence-electron chi connectivity index (χ2n) is 10.2. The molecule has 7 heteroatoms. The van der Waals surface area contributed by atoms with Crippen molar-refractivity contribution in [2.45, 2.75) is 69.4 Å². The molecule has 2 saturated heterocycles. The summed E-state index contributed by atoms with van der Waals surface area (Å²) in [6.45, 7) is 4.14. The fraction of sp³-hybridized carbons (Fsp3) is 0.552. The number of benzene rings is 2. The predicted octanol–water partition coefficient (Wildman–Crippen LogP) is 5.37. The normalized spacial score (nSPS) is 21.9. The first kappa shape index (κ1) is 25.5. The van der Waals surface area contributed by atoms with E-state index in [9.17, 15) is 4.79 Å². The molecule has 36 heavy (non-hydrogen) atoms. The lowest BCUT2D eigenvalue weighted by molar-refractivity contribution is -0.231. The van der Waals surface area contributed by atoms with Crippen LogP contribution < -0.4 is 10.1 Å². The highest BCUT2D eigenvalue weighted by Gasteiger charge is 2.42. The van der Waals surface area contributed by atoms with E-state index in [0.717, 1.165) is 80.5 Å². The van der Waals surface area contributed by atoms with Gasteiger partial charge in [-0.05, 0) is 61.1 Å². The van der Waals surface area contributed by atoms with Gasteiger partial charge in [-0.3, -0.25) is 9.69 Å². The number of likely N-dealkylation sites (tertiary alicyclic amines) is 1. The van der Waals surface area contributed by atoms with E-state index >= 15 is 0 Å². The maximum atomic E-state index is 12.6. The Morgan fingerprint density at radius 3 is 2.33 bits per heavy atom. The minimum Gasteiger partial charge on any atom is -0.462 e. The van der Waals surface area contributed by atoms with Crippen molar-refractivity contribution in [3.63, 3.8) is 0 Å². The maximum Gasteiger partial charge on any atom is 0.251 e. The van der Waals surface area contributed by atoms with Gasteiger partial charge in [0.1, 0.15) is 5.75 Å². The van der Waals surface area contributed by atoms with Gasteiger partial charge in [0.2, 0.25) is 5.79 Å². The lowest BCUT2D eigenvalue weighted by Crippen LogP contribution is -2.54. The summed E-state index contributed by atoms with van der Waals surface area (Å²) in [5.41, 5.74) is 3.97. The largest absolute Gasteiger partial charge is 0.462 e. The number of piperidine rings is 1. The van der Waals surface area contributed by atoms with Crippen LogP contribution in [-0.4, -0.2) is 61.4 Å². The first-order valence-corrected chi connectivity index (χ1v) is 14.0. The third-order valence-electron chi connectivity index (χ3n) is 8.04. The van der Waals surface area contributed by atoms with Crippen LogP contribution in [0.4, 0.5) is 0 Å². The fourth-order valence-corrected chi connectivity index (χ4v) is 5.56. The molecule has 0 bridgehead atoms. The molecule has 194 valence electrons. The summed E-state index contributed by atoms with van der Waals surface area (Å²) in [6, 6.07) is 15.2. The zero-order valence-electron chi connectivity index (χ0n) is 21.1. The van der Waals surface area contributed by atoms with E-state index in [1.165, 1.54) is 25.6 Å². The summed E-state index contributed by atoms with van der Waals surface area (Å²) in [7, 11) is 0. The summed E-state index contributed by atoms with van der Waals surface area (Å²) >= 11 is 4.64. The molecule has 0 unspecified atom stereocenters. The Kier molecular flexibility index (Phi) is 8.16. The molecule has 2 aromatic rings. The standard InChI is InChI=1S/C28H34N2O4.CH3Cl/c31-27(29-24-10-16-32-17-11-24)21-6-4-20(5-7-21)22-8-9-26-23(18-22)19-33-28(34-26)12-14-30(15-13-28)25-2-1-3-25;1-2/h4-9,18,24-25H,1-3,10-17,19H2,(H,29,31);1H3. The van der Waals surface area contributed by atoms with Gasteiger partial charge in [-0.2, -0.15) is 0 Å². The van der Waals surface area contributed by atoms with E-state index in [1.807, 2.05) is 24.3 Å². The second kappa shape index (κ2) is 11.5. The number of carbonyl (C=O) groups excluding carboxylic acids is 1. The first-order chi connectivity index (χ1) is 17.7. The number of amides is 1. The molecule has 3 fully saturated rings. The summed E-state index contributed by atoms with van der Waals surface area (Å²) in [6.07, 6.45) is 9.17. The van der Waals surface area contributed by atoms with Crippen molar-refractivity contribution in [3.8, 4) is 16.9 Å². The highest BCUT2D eigenvalue weighted by atomic mass is 35.5. The molecule has 0 radical (unpaired) electrons. The number of hydrogen-bond acceptors (Lipinski definition) is 5. The molecule has 1 saturated carbocycles. The maximum absolute atomic E-state index is 12.6. The molecule has 6 rings (SSSR count). The average molecular weight is 513 g/mol. The van der Waals surface area contributed by atoms with Gasteiger partial charge in [-0.25, -0.2) is 0 Å². The summed E-state index contributed by atoms with van der Waals surface area (Å²) in [4.78, 5) is 15.2. The minimum atomic E-state index is -0.464. The van der Waals surface area contributed by atoms with Crippen molar-refractivity contribution in [1.29, 1.82) is 0 Å². The molecule has 0 aromatic heterocycles. The quantitative estimate of drug-likeness (QED) is 0.558. The van der Waals surface area contributed by atoms with Crippen molar-refractivity contribution in [3.05, 3.63) is 53.6 Å². The molecular formula is C29H37ClN2O4. The van der Waals surface area contributed by atoms with Crippen LogP contribution in [-0.2, 0) is 16.1 Å². The number of nitrogens with one attached hydrogen (secondary N) is 1. The third kappa shape index (κ3) is 5.57. The summed E-state index contributed by atoms with van der Waals surface area (Å²) in [5, 5.41) is 3.12. The Balaban J connectivity index is 0.00000130. The van der Waals surface area contributed by atoms with Crippen LogP contribution in [0.3, 0.4) is 0 Å². The van der Waals surface area contributed by atoms with Gasteiger partial charge in [0.25, 0.3) is 5.91 Å². The summed E-state index contributed by atoms with van der Waals surface area (Å²) < 4.78 is 18.1. The zero-order chi connectivity index (χ0) is 25.0. The van der Waals surface area contributed by atoms with Crippen LogP contribution in [0.2, 0.25) is 0 Å². The smallest absolute Gasteiger partial charge is 0.251 e. The number of hydrogen-bond donors (Lipinski definition) is 1. The topological polar surface area (TPSA) is 60.0 Å². The molecule has 4 aliphatic rings. The van der Waals surface area contributed by atoms with E-state index in [1.54, 1.807) is 0 Å². The molecular weight excluding hydrogens is 476 g/mol. The van der Waals surface area contributed by atoms with Gasteiger partial charge < -0.3 is 19.5 Å². The van der Waals surface area contributed by atoms with E-state index in [-0.39, 0.29) is 11.9 Å². The van der Waals surface area contributed by atoms with Gasteiger partial charge in [0, 0.05) is 68.7 Å². The summed E-state index contributed by atoms with van der Waals surface area (Å²) in [5.74, 6) is 0.465. The van der Waals surface area contributed by atoms with E-state index < -0.39 is 5.79 Å². The number of halogens is 1. The first-order valence-electron chi connectivity index (χ1n) is 13.2. The number of fused-ring (bicyclic) bond motifs is 1. The van der Waals surface area contributed by atoms with Gasteiger partial charge in [0.05, 0.1) is 6.61 Å². The van der Waals surface area contributed by atoms with E-state index in [2.05, 4.69) is 40.0 Å². The number of nitrogens with zero attached hydrogens (tertiary/aromatic N) is 1. The molecule has 1 spiro atoms. The zero-order valence-corrected chi connectivity index (χ0v) is 21.9. The molecule has 6 nitrogen and oxygen atoms in total. The van der Waals surface area contributed by atoms with E-state index in [4.69, 9.17) is 14.2 Å². The second-order valence-corrected chi connectivity index (χ2v) is 10.2. The predicted molar refractivity (Wildman–Crippen MR) is 142 cm³/mol. The van der Waals surface area contributed by atoms with Crippen LogP contribution in [0.1, 0.15) is 60.9 Å². The van der Waals surface area contributed by atoms with Crippen LogP contribution >= 0.6 is 11.6 Å². The van der Waals surface area contributed by atoms with Crippen molar-refractivity contribution in [1.82, 2.24) is 10.2 Å². The Morgan fingerprint density at radius 1 is 0.972 bits per heavy atom. The fourth-order valence-electron chi connectivity index (χ4n) is 5.56. The average Bonchev–Trinajstić information content (AvgIpc) is 2.91. The SMILES string of the molecule is CCl.O=C(NC1CCOCC1)c1ccc(-c2ccc3c(c2)COC2(CCN(C4CCC4)CC2)O3)cc1. The Labute approximate surface area is 219 Å². The minimum absolute atomic E-state index is 0.0145. The highest BCUT2D eigenvalue weighted by molar-refractivity contribution is 6.15. The Hall–Kier alpha value is -2.12. The van der Waals surface area contributed by atoms with Crippen molar-refractivity contribution in [2.75, 3.05) is 32.7 Å². The third-order valence-corrected chi connectivity index (χ3v) is 8.04. The Morgan fingerprint density at radius 2 is 1.67 bits per heavy atom. The van der Waals surface area contributed by atoms with Gasteiger partial charge >= 0.3 is 0 Å². The molecule has 3 aliphatic heterocycles. The number of rotatable bonds is 4. The van der Waals surface area contributed by atoms with Crippen molar-refractivity contribution in [2.24, 2.45) is 0 Å². The van der Waals surface area contributed by atoms with Crippen molar-refractivity contribution < 1.29 is 19.0 Å². The molecule has 1 amide bonds. The lowest BCUT2D eigenvalue weighted by Gasteiger charge is -2.47. The van der Waals surface area contributed by atoms with Crippen LogP contribution in [0.25, 0.3) is 11.1 Å². The number of alkyl halides is 1. The van der Waals surface area contributed by atoms with E-state index in [0.29, 0.717) is 12.2 Å². The van der Waals surface area contributed by atoms with Crippen molar-refractivity contribution >= 4 is 17.5 Å². The van der Waals surface area contributed by atoms with Gasteiger partial charge in [-0.15, -0.1) is 11.6 Å².